The van der Waals surface area contributed by atoms with Crippen molar-refractivity contribution < 1.29 is 4.79 Å². The summed E-state index contributed by atoms with van der Waals surface area (Å²) in [6.07, 6.45) is 3.46. The summed E-state index contributed by atoms with van der Waals surface area (Å²) >= 11 is 0. The van der Waals surface area contributed by atoms with E-state index in [0.717, 1.165) is 28.1 Å². The molecule has 114 valence electrons. The summed E-state index contributed by atoms with van der Waals surface area (Å²) in [6.45, 7) is 2.57. The van der Waals surface area contributed by atoms with Gasteiger partial charge in [0, 0.05) is 31.0 Å². The van der Waals surface area contributed by atoms with Crippen LogP contribution >= 0.6 is 0 Å². The first-order chi connectivity index (χ1) is 11.1. The van der Waals surface area contributed by atoms with Gasteiger partial charge in [-0.15, -0.1) is 0 Å². The second-order valence-electron chi connectivity index (χ2n) is 5.77. The van der Waals surface area contributed by atoms with E-state index in [1.807, 2.05) is 20.0 Å². The molecule has 0 spiro atoms. The van der Waals surface area contributed by atoms with E-state index >= 15 is 0 Å². The summed E-state index contributed by atoms with van der Waals surface area (Å²) in [5.41, 5.74) is 5.76. The fourth-order valence-corrected chi connectivity index (χ4v) is 3.03. The van der Waals surface area contributed by atoms with Crippen molar-refractivity contribution in [1.82, 2.24) is 19.7 Å². The molecule has 0 bridgehead atoms. The Labute approximate surface area is 134 Å². The molecule has 1 amide bonds. The van der Waals surface area contributed by atoms with Gasteiger partial charge in [-0.3, -0.25) is 9.78 Å². The Bertz CT molecular complexity index is 913. The zero-order chi connectivity index (χ0) is 16.0. The van der Waals surface area contributed by atoms with Crippen molar-refractivity contribution in [3.63, 3.8) is 0 Å². The van der Waals surface area contributed by atoms with Crippen molar-refractivity contribution in [1.29, 1.82) is 0 Å². The van der Waals surface area contributed by atoms with Crippen LogP contribution in [0.4, 0.5) is 0 Å². The second-order valence-corrected chi connectivity index (χ2v) is 5.77. The first kappa shape index (κ1) is 13.7. The minimum Gasteiger partial charge on any atom is -0.336 e. The van der Waals surface area contributed by atoms with Gasteiger partial charge in [0.2, 0.25) is 0 Å². The van der Waals surface area contributed by atoms with Crippen molar-refractivity contribution in [3.8, 4) is 16.8 Å². The van der Waals surface area contributed by atoms with Crippen LogP contribution in [-0.2, 0) is 6.54 Å². The molecule has 1 aromatic carbocycles. The Hall–Kier alpha value is -2.95. The van der Waals surface area contributed by atoms with E-state index in [4.69, 9.17) is 0 Å². The van der Waals surface area contributed by atoms with Gasteiger partial charge in [0.1, 0.15) is 5.69 Å². The standard InChI is InChI=1S/C18H16N4O/c1-12-15(4-3-8-19-12)13-5-6-14-11-21(2)18(23)16-7-9-20-22(16)17(14)10-13/h3-10H,11H2,1-2H3. The molecule has 23 heavy (non-hydrogen) atoms. The third kappa shape index (κ3) is 2.12. The van der Waals surface area contributed by atoms with Gasteiger partial charge in [0.05, 0.1) is 11.9 Å². The molecule has 1 aliphatic heterocycles. The lowest BCUT2D eigenvalue weighted by atomic mass is 10.0. The topological polar surface area (TPSA) is 51.0 Å². The fraction of sp³-hybridized carbons (Fsp3) is 0.167. The number of aryl methyl sites for hydroxylation is 1. The maximum atomic E-state index is 12.4. The Balaban J connectivity index is 1.94. The summed E-state index contributed by atoms with van der Waals surface area (Å²) in [5.74, 6) is -0.0159. The van der Waals surface area contributed by atoms with Crippen LogP contribution in [0, 0.1) is 6.92 Å². The summed E-state index contributed by atoms with van der Waals surface area (Å²) in [7, 11) is 1.81. The average Bonchev–Trinajstić information content (AvgIpc) is 3.01. The Morgan fingerprint density at radius 3 is 2.83 bits per heavy atom. The lowest BCUT2D eigenvalue weighted by molar-refractivity contribution is 0.0781. The van der Waals surface area contributed by atoms with Gasteiger partial charge < -0.3 is 4.90 Å². The molecular weight excluding hydrogens is 288 g/mol. The number of amides is 1. The van der Waals surface area contributed by atoms with Crippen LogP contribution in [0.2, 0.25) is 0 Å². The highest BCUT2D eigenvalue weighted by atomic mass is 16.2. The zero-order valence-corrected chi connectivity index (χ0v) is 13.0. The van der Waals surface area contributed by atoms with E-state index in [1.54, 1.807) is 28.0 Å². The maximum Gasteiger partial charge on any atom is 0.272 e. The zero-order valence-electron chi connectivity index (χ0n) is 13.0. The minimum absolute atomic E-state index is 0.0159. The molecular formula is C18H16N4O. The Morgan fingerprint density at radius 2 is 2.00 bits per heavy atom. The van der Waals surface area contributed by atoms with Crippen molar-refractivity contribution >= 4 is 5.91 Å². The number of pyridine rings is 1. The molecule has 0 saturated carbocycles. The smallest absolute Gasteiger partial charge is 0.272 e. The fourth-order valence-electron chi connectivity index (χ4n) is 3.03. The molecule has 0 saturated heterocycles. The molecule has 4 rings (SSSR count). The number of nitrogens with zero attached hydrogens (tertiary/aromatic N) is 4. The van der Waals surface area contributed by atoms with Crippen molar-refractivity contribution in [2.24, 2.45) is 0 Å². The lowest BCUT2D eigenvalue weighted by Gasteiger charge is -2.14. The number of rotatable bonds is 1. The maximum absolute atomic E-state index is 12.4. The molecule has 5 heteroatoms. The first-order valence-corrected chi connectivity index (χ1v) is 7.50. The van der Waals surface area contributed by atoms with Gasteiger partial charge in [-0.1, -0.05) is 18.2 Å². The van der Waals surface area contributed by atoms with Gasteiger partial charge in [-0.25, -0.2) is 4.68 Å². The summed E-state index contributed by atoms with van der Waals surface area (Å²) in [5, 5.41) is 4.35. The molecule has 3 aromatic rings. The number of hydrogen-bond donors (Lipinski definition) is 0. The minimum atomic E-state index is -0.0159. The van der Waals surface area contributed by atoms with E-state index in [0.29, 0.717) is 12.2 Å². The van der Waals surface area contributed by atoms with Gasteiger partial charge in [-0.2, -0.15) is 5.10 Å². The third-order valence-corrected chi connectivity index (χ3v) is 4.25. The number of carbonyl (C=O) groups excluding carboxylic acids is 1. The average molecular weight is 304 g/mol. The molecule has 0 fully saturated rings. The molecule has 1 aliphatic rings. The summed E-state index contributed by atoms with van der Waals surface area (Å²) in [4.78, 5) is 18.5. The van der Waals surface area contributed by atoms with Gasteiger partial charge in [0.15, 0.2) is 0 Å². The quantitative estimate of drug-likeness (QED) is 0.694. The summed E-state index contributed by atoms with van der Waals surface area (Å²) < 4.78 is 1.73. The van der Waals surface area contributed by atoms with Crippen LogP contribution in [-0.4, -0.2) is 32.6 Å². The number of aromatic nitrogens is 3. The molecule has 3 heterocycles. The van der Waals surface area contributed by atoms with Crippen molar-refractivity contribution in [3.05, 3.63) is 65.7 Å². The highest BCUT2D eigenvalue weighted by molar-refractivity contribution is 5.93. The highest BCUT2D eigenvalue weighted by Crippen LogP contribution is 2.29. The van der Waals surface area contributed by atoms with Crippen molar-refractivity contribution in [2.45, 2.75) is 13.5 Å². The number of hydrogen-bond acceptors (Lipinski definition) is 3. The van der Waals surface area contributed by atoms with Crippen LogP contribution < -0.4 is 0 Å². The molecule has 0 radical (unpaired) electrons. The SMILES string of the molecule is Cc1ncccc1-c1ccc2c(c1)-n1nccc1C(=O)N(C)C2. The summed E-state index contributed by atoms with van der Waals surface area (Å²) in [6, 6.07) is 12.0. The Kier molecular flexibility index (Phi) is 3.01. The van der Waals surface area contributed by atoms with E-state index in [1.165, 1.54) is 0 Å². The van der Waals surface area contributed by atoms with Crippen molar-refractivity contribution in [2.75, 3.05) is 7.05 Å². The van der Waals surface area contributed by atoms with E-state index in [9.17, 15) is 4.79 Å². The second kappa shape index (κ2) is 5.05. The van der Waals surface area contributed by atoms with Crippen LogP contribution in [0.25, 0.3) is 16.8 Å². The van der Waals surface area contributed by atoms with Crippen LogP contribution in [0.1, 0.15) is 21.7 Å². The molecule has 0 N–H and O–H groups in total. The number of fused-ring (bicyclic) bond motifs is 3. The van der Waals surface area contributed by atoms with E-state index in [2.05, 4.69) is 34.3 Å². The van der Waals surface area contributed by atoms with Crippen LogP contribution in [0.5, 0.6) is 0 Å². The van der Waals surface area contributed by atoms with Crippen LogP contribution in [0.15, 0.2) is 48.8 Å². The molecule has 2 aromatic heterocycles. The molecule has 0 atom stereocenters. The van der Waals surface area contributed by atoms with Crippen LogP contribution in [0.3, 0.4) is 0 Å². The van der Waals surface area contributed by atoms with E-state index < -0.39 is 0 Å². The van der Waals surface area contributed by atoms with Gasteiger partial charge in [-0.05, 0) is 36.2 Å². The van der Waals surface area contributed by atoms with Gasteiger partial charge in [0.25, 0.3) is 5.91 Å². The monoisotopic (exact) mass is 304 g/mol. The molecule has 0 unspecified atom stereocenters. The predicted octanol–water partition coefficient (Wildman–Crippen LogP) is 2.83. The van der Waals surface area contributed by atoms with E-state index in [-0.39, 0.29) is 5.91 Å². The highest BCUT2D eigenvalue weighted by Gasteiger charge is 2.24. The normalized spacial score (nSPS) is 13.5. The number of benzene rings is 1. The number of carbonyl (C=O) groups is 1. The first-order valence-electron chi connectivity index (χ1n) is 7.50. The molecule has 0 aliphatic carbocycles. The predicted molar refractivity (Wildman–Crippen MR) is 87.3 cm³/mol. The van der Waals surface area contributed by atoms with Gasteiger partial charge >= 0.3 is 0 Å². The molecule has 5 nitrogen and oxygen atoms in total. The lowest BCUT2D eigenvalue weighted by Crippen LogP contribution is -2.25. The third-order valence-electron chi connectivity index (χ3n) is 4.25. The largest absolute Gasteiger partial charge is 0.336 e. The Morgan fingerprint density at radius 1 is 1.13 bits per heavy atom.